The second kappa shape index (κ2) is 4.77. The summed E-state index contributed by atoms with van der Waals surface area (Å²) in [7, 11) is 0. The Balaban J connectivity index is 3.24. The second-order valence-electron chi connectivity index (χ2n) is 4.41. The van der Waals surface area contributed by atoms with Crippen LogP contribution in [0.15, 0.2) is 16.6 Å². The molecule has 0 amide bonds. The van der Waals surface area contributed by atoms with Gasteiger partial charge in [-0.25, -0.2) is 8.78 Å². The molecule has 1 rings (SSSR count). The van der Waals surface area contributed by atoms with Crippen LogP contribution in [0.5, 0.6) is 0 Å². The normalized spacial score (nSPS) is 13.9. The van der Waals surface area contributed by atoms with Crippen LogP contribution in [0.1, 0.15) is 25.5 Å². The number of hydrogen-bond acceptors (Lipinski definition) is 2. The highest BCUT2D eigenvalue weighted by atomic mass is 79.9. The van der Waals surface area contributed by atoms with Gasteiger partial charge in [-0.1, -0.05) is 29.8 Å². The first kappa shape index (κ1) is 13.5. The van der Waals surface area contributed by atoms with Crippen molar-refractivity contribution in [1.29, 1.82) is 0 Å². The lowest BCUT2D eigenvalue weighted by Crippen LogP contribution is -2.33. The molecule has 16 heavy (non-hydrogen) atoms. The summed E-state index contributed by atoms with van der Waals surface area (Å²) in [4.78, 5) is 0. The van der Waals surface area contributed by atoms with Gasteiger partial charge in [-0.3, -0.25) is 0 Å². The fourth-order valence-electron chi connectivity index (χ4n) is 1.34. The van der Waals surface area contributed by atoms with Crippen molar-refractivity contribution in [3.8, 4) is 0 Å². The minimum absolute atomic E-state index is 0.192. The van der Waals surface area contributed by atoms with E-state index < -0.39 is 23.1 Å². The molecule has 0 fully saturated rings. The Morgan fingerprint density at radius 1 is 1.38 bits per heavy atom. The highest BCUT2D eigenvalue weighted by Gasteiger charge is 2.31. The zero-order valence-electron chi connectivity index (χ0n) is 9.10. The SMILES string of the molecule is CC(C)(CO)[C@@H](N)c1c(F)cc(Br)cc1F. The van der Waals surface area contributed by atoms with Crippen molar-refractivity contribution >= 4 is 15.9 Å². The fourth-order valence-corrected chi connectivity index (χ4v) is 1.74. The zero-order chi connectivity index (χ0) is 12.5. The molecule has 1 aromatic rings. The predicted molar refractivity (Wildman–Crippen MR) is 61.9 cm³/mol. The lowest BCUT2D eigenvalue weighted by molar-refractivity contribution is 0.129. The number of nitrogens with two attached hydrogens (primary N) is 1. The molecular weight excluding hydrogens is 280 g/mol. The summed E-state index contributed by atoms with van der Waals surface area (Å²) in [5.41, 5.74) is 4.81. The third-order valence-corrected chi connectivity index (χ3v) is 3.06. The van der Waals surface area contributed by atoms with E-state index in [1.165, 1.54) is 0 Å². The van der Waals surface area contributed by atoms with E-state index in [1.54, 1.807) is 13.8 Å². The second-order valence-corrected chi connectivity index (χ2v) is 5.32. The van der Waals surface area contributed by atoms with Gasteiger partial charge < -0.3 is 10.8 Å². The molecule has 0 bridgehead atoms. The van der Waals surface area contributed by atoms with Crippen molar-refractivity contribution in [2.24, 2.45) is 11.1 Å². The lowest BCUT2D eigenvalue weighted by atomic mass is 9.81. The van der Waals surface area contributed by atoms with Gasteiger partial charge in [-0.15, -0.1) is 0 Å². The van der Waals surface area contributed by atoms with Crippen LogP contribution in [-0.4, -0.2) is 11.7 Å². The van der Waals surface area contributed by atoms with Gasteiger partial charge in [0.1, 0.15) is 11.6 Å². The molecule has 2 nitrogen and oxygen atoms in total. The van der Waals surface area contributed by atoms with Crippen LogP contribution >= 0.6 is 15.9 Å². The van der Waals surface area contributed by atoms with Crippen LogP contribution in [0.2, 0.25) is 0 Å². The van der Waals surface area contributed by atoms with Crippen LogP contribution in [-0.2, 0) is 0 Å². The first-order valence-corrected chi connectivity index (χ1v) is 5.60. The molecule has 0 aliphatic carbocycles. The summed E-state index contributed by atoms with van der Waals surface area (Å²) in [6.45, 7) is 3.06. The summed E-state index contributed by atoms with van der Waals surface area (Å²) < 4.78 is 27.5. The van der Waals surface area contributed by atoms with Crippen molar-refractivity contribution in [3.63, 3.8) is 0 Å². The van der Waals surface area contributed by atoms with Crippen LogP contribution in [0, 0.1) is 17.0 Å². The van der Waals surface area contributed by atoms with E-state index in [4.69, 9.17) is 10.8 Å². The van der Waals surface area contributed by atoms with E-state index in [9.17, 15) is 8.78 Å². The third kappa shape index (κ3) is 2.59. The van der Waals surface area contributed by atoms with Crippen molar-refractivity contribution in [3.05, 3.63) is 33.8 Å². The molecule has 0 saturated heterocycles. The molecule has 3 N–H and O–H groups in total. The molecule has 0 saturated carbocycles. The molecular formula is C11H14BrF2NO. The van der Waals surface area contributed by atoms with E-state index >= 15 is 0 Å². The first-order valence-electron chi connectivity index (χ1n) is 4.80. The Morgan fingerprint density at radius 2 is 1.81 bits per heavy atom. The van der Waals surface area contributed by atoms with E-state index in [0.717, 1.165) is 12.1 Å². The molecule has 0 radical (unpaired) electrons. The van der Waals surface area contributed by atoms with E-state index in [2.05, 4.69) is 15.9 Å². The Morgan fingerprint density at radius 3 is 2.19 bits per heavy atom. The molecule has 0 aromatic heterocycles. The molecule has 0 aliphatic rings. The highest BCUT2D eigenvalue weighted by Crippen LogP contribution is 2.34. The maximum Gasteiger partial charge on any atom is 0.132 e. The largest absolute Gasteiger partial charge is 0.396 e. The average Bonchev–Trinajstić information content (AvgIpc) is 2.15. The Bertz CT molecular complexity index is 373. The van der Waals surface area contributed by atoms with Crippen LogP contribution in [0.25, 0.3) is 0 Å². The summed E-state index contributed by atoms with van der Waals surface area (Å²) in [6, 6.07) is 1.42. The zero-order valence-corrected chi connectivity index (χ0v) is 10.7. The van der Waals surface area contributed by atoms with Gasteiger partial charge in [-0.2, -0.15) is 0 Å². The van der Waals surface area contributed by atoms with Crippen molar-refractivity contribution in [2.75, 3.05) is 6.61 Å². The minimum atomic E-state index is -0.898. The number of hydrogen-bond donors (Lipinski definition) is 2. The smallest absolute Gasteiger partial charge is 0.132 e. The van der Waals surface area contributed by atoms with Gasteiger partial charge in [0.25, 0.3) is 0 Å². The average molecular weight is 294 g/mol. The quantitative estimate of drug-likeness (QED) is 0.900. The predicted octanol–water partition coefficient (Wildman–Crippen LogP) is 2.75. The standard InChI is InChI=1S/C11H14BrF2NO/c1-11(2,5-16)10(15)9-7(13)3-6(12)4-8(9)14/h3-4,10,16H,5,15H2,1-2H3/t10-/m0/s1. The summed E-state index contributed by atoms with van der Waals surface area (Å²) in [6.07, 6.45) is 0. The first-order chi connectivity index (χ1) is 7.29. The maximum atomic E-state index is 13.6. The molecule has 1 atom stereocenters. The Hall–Kier alpha value is -0.520. The lowest BCUT2D eigenvalue weighted by Gasteiger charge is -2.30. The van der Waals surface area contributed by atoms with E-state index in [1.807, 2.05) is 0 Å². The molecule has 0 unspecified atom stereocenters. The van der Waals surface area contributed by atoms with Gasteiger partial charge in [0, 0.05) is 28.1 Å². The Labute approximate surface area is 102 Å². The number of halogens is 3. The number of benzene rings is 1. The van der Waals surface area contributed by atoms with Crippen molar-refractivity contribution in [2.45, 2.75) is 19.9 Å². The van der Waals surface area contributed by atoms with E-state index in [-0.39, 0.29) is 12.2 Å². The summed E-state index contributed by atoms with van der Waals surface area (Å²) in [5, 5.41) is 9.13. The van der Waals surface area contributed by atoms with Crippen molar-refractivity contribution in [1.82, 2.24) is 0 Å². The third-order valence-electron chi connectivity index (χ3n) is 2.60. The van der Waals surface area contributed by atoms with E-state index in [0.29, 0.717) is 4.47 Å². The summed E-state index contributed by atoms with van der Waals surface area (Å²) >= 11 is 2.99. The molecule has 0 aliphatic heterocycles. The van der Waals surface area contributed by atoms with Crippen LogP contribution < -0.4 is 5.73 Å². The van der Waals surface area contributed by atoms with Crippen LogP contribution in [0.3, 0.4) is 0 Å². The van der Waals surface area contributed by atoms with Gasteiger partial charge in [-0.05, 0) is 12.1 Å². The van der Waals surface area contributed by atoms with Crippen LogP contribution in [0.4, 0.5) is 8.78 Å². The molecule has 0 spiro atoms. The van der Waals surface area contributed by atoms with Gasteiger partial charge in [0.2, 0.25) is 0 Å². The molecule has 0 heterocycles. The Kier molecular flexibility index (Phi) is 4.04. The highest BCUT2D eigenvalue weighted by molar-refractivity contribution is 9.10. The van der Waals surface area contributed by atoms with Crippen molar-refractivity contribution < 1.29 is 13.9 Å². The summed E-state index contributed by atoms with van der Waals surface area (Å²) in [5.74, 6) is -1.41. The molecule has 1 aromatic carbocycles. The van der Waals surface area contributed by atoms with Gasteiger partial charge >= 0.3 is 0 Å². The molecule has 5 heteroatoms. The monoisotopic (exact) mass is 293 g/mol. The number of aliphatic hydroxyl groups is 1. The van der Waals surface area contributed by atoms with Gasteiger partial charge in [0.05, 0.1) is 0 Å². The topological polar surface area (TPSA) is 46.2 Å². The fraction of sp³-hybridized carbons (Fsp3) is 0.455. The van der Waals surface area contributed by atoms with Gasteiger partial charge in [0.15, 0.2) is 0 Å². The molecule has 90 valence electrons. The number of aliphatic hydroxyl groups excluding tert-OH is 1. The minimum Gasteiger partial charge on any atom is -0.396 e. The number of rotatable bonds is 3. The maximum absolute atomic E-state index is 13.6.